The topological polar surface area (TPSA) is 130 Å². The van der Waals surface area contributed by atoms with Crippen molar-refractivity contribution in [1.29, 1.82) is 0 Å². The zero-order valence-electron chi connectivity index (χ0n) is 15.9. The number of primary amides is 1. The third kappa shape index (κ3) is 4.65. The second kappa shape index (κ2) is 8.91. The van der Waals surface area contributed by atoms with Crippen LogP contribution in [0.2, 0.25) is 0 Å². The zero-order chi connectivity index (χ0) is 21.0. The maximum absolute atomic E-state index is 12.3. The number of furan rings is 1. The van der Waals surface area contributed by atoms with Gasteiger partial charge in [-0.3, -0.25) is 14.9 Å². The third-order valence-corrected chi connectivity index (χ3v) is 4.94. The van der Waals surface area contributed by atoms with Gasteiger partial charge in [0.1, 0.15) is 30.1 Å². The van der Waals surface area contributed by atoms with Crippen LogP contribution in [0, 0.1) is 6.92 Å². The van der Waals surface area contributed by atoms with Crippen molar-refractivity contribution >= 4 is 35.4 Å². The predicted octanol–water partition coefficient (Wildman–Crippen LogP) is 2.37. The average Bonchev–Trinajstić information content (AvgIpc) is 3.02. The molecule has 1 aliphatic rings. The maximum atomic E-state index is 12.3. The highest BCUT2D eigenvalue weighted by molar-refractivity contribution is 8.00. The van der Waals surface area contributed by atoms with E-state index in [1.165, 1.54) is 18.7 Å². The third-order valence-electron chi connectivity index (χ3n) is 3.95. The number of carbonyl (C=O) groups is 3. The Morgan fingerprint density at radius 2 is 1.90 bits per heavy atom. The van der Waals surface area contributed by atoms with E-state index in [9.17, 15) is 14.4 Å². The Morgan fingerprint density at radius 1 is 1.17 bits per heavy atom. The lowest BCUT2D eigenvalue weighted by Crippen LogP contribution is -2.21. The molecule has 2 aromatic rings. The summed E-state index contributed by atoms with van der Waals surface area (Å²) in [4.78, 5) is 37.1. The van der Waals surface area contributed by atoms with Gasteiger partial charge in [-0.15, -0.1) is 11.8 Å². The molecular formula is C19H20N2O7S. The van der Waals surface area contributed by atoms with Gasteiger partial charge in [-0.1, -0.05) is 0 Å². The molecule has 10 heteroatoms. The fraction of sp³-hybridized carbons (Fsp3) is 0.316. The summed E-state index contributed by atoms with van der Waals surface area (Å²) in [6, 6.07) is 5.38. The Morgan fingerprint density at radius 3 is 2.59 bits per heavy atom. The summed E-state index contributed by atoms with van der Waals surface area (Å²) in [7, 11) is 0. The minimum absolute atomic E-state index is 0.0341. The molecule has 0 bridgehead atoms. The van der Waals surface area contributed by atoms with Gasteiger partial charge in [0.15, 0.2) is 11.5 Å². The van der Waals surface area contributed by atoms with E-state index in [0.29, 0.717) is 24.7 Å². The fourth-order valence-corrected chi connectivity index (χ4v) is 3.47. The number of rotatable bonds is 7. The van der Waals surface area contributed by atoms with Crippen LogP contribution in [0.15, 0.2) is 27.5 Å². The molecule has 0 saturated carbocycles. The second-order valence-corrected chi connectivity index (χ2v) is 7.01. The largest absolute Gasteiger partial charge is 0.486 e. The molecule has 0 fully saturated rings. The molecule has 0 saturated heterocycles. The smallest absolute Gasteiger partial charge is 0.342 e. The normalized spacial score (nSPS) is 12.3. The maximum Gasteiger partial charge on any atom is 0.342 e. The summed E-state index contributed by atoms with van der Waals surface area (Å²) >= 11 is 1.26. The monoisotopic (exact) mass is 420 g/mol. The van der Waals surface area contributed by atoms with Crippen molar-refractivity contribution in [1.82, 2.24) is 0 Å². The van der Waals surface area contributed by atoms with Crippen LogP contribution in [0.4, 0.5) is 5.88 Å². The number of nitrogens with two attached hydrogens (primary N) is 1. The summed E-state index contributed by atoms with van der Waals surface area (Å²) in [5.41, 5.74) is 5.08. The molecule has 0 atom stereocenters. The van der Waals surface area contributed by atoms with Gasteiger partial charge in [0.2, 0.25) is 11.8 Å². The lowest BCUT2D eigenvalue weighted by Gasteiger charge is -2.18. The van der Waals surface area contributed by atoms with E-state index in [1.54, 1.807) is 19.1 Å². The molecule has 3 N–H and O–H groups in total. The number of fused-ring (bicyclic) bond motifs is 1. The first-order valence-electron chi connectivity index (χ1n) is 8.83. The number of hydrogen-bond acceptors (Lipinski definition) is 8. The van der Waals surface area contributed by atoms with Crippen LogP contribution < -0.4 is 20.5 Å². The Kier molecular flexibility index (Phi) is 6.32. The Bertz CT molecular complexity index is 954. The van der Waals surface area contributed by atoms with E-state index in [4.69, 9.17) is 24.4 Å². The number of anilines is 1. The fourth-order valence-electron chi connectivity index (χ4n) is 2.74. The van der Waals surface area contributed by atoms with Crippen molar-refractivity contribution < 1.29 is 33.0 Å². The number of thioether (sulfide) groups is 1. The van der Waals surface area contributed by atoms with Crippen molar-refractivity contribution in [3.63, 3.8) is 0 Å². The summed E-state index contributed by atoms with van der Waals surface area (Å²) in [5.74, 6) is -0.804. The van der Waals surface area contributed by atoms with Crippen LogP contribution in [0.1, 0.15) is 33.4 Å². The number of aryl methyl sites for hydroxylation is 1. The molecule has 0 aliphatic carbocycles. The van der Waals surface area contributed by atoms with Gasteiger partial charge in [0, 0.05) is 4.90 Å². The van der Waals surface area contributed by atoms with Gasteiger partial charge in [-0.25, -0.2) is 4.79 Å². The average molecular weight is 420 g/mol. The Labute approximate surface area is 170 Å². The molecule has 3 rings (SSSR count). The van der Waals surface area contributed by atoms with Crippen LogP contribution in [-0.4, -0.2) is 43.4 Å². The highest BCUT2D eigenvalue weighted by atomic mass is 32.2. The lowest BCUT2D eigenvalue weighted by molar-refractivity contribution is -0.113. The quantitative estimate of drug-likeness (QED) is 0.516. The minimum atomic E-state index is -0.903. The van der Waals surface area contributed by atoms with Gasteiger partial charge in [-0.2, -0.15) is 0 Å². The number of ether oxygens (including phenoxy) is 3. The minimum Gasteiger partial charge on any atom is -0.486 e. The number of benzene rings is 1. The van der Waals surface area contributed by atoms with Gasteiger partial charge < -0.3 is 24.4 Å². The van der Waals surface area contributed by atoms with Crippen molar-refractivity contribution in [3.8, 4) is 11.5 Å². The van der Waals surface area contributed by atoms with Crippen molar-refractivity contribution in [2.75, 3.05) is 30.9 Å². The van der Waals surface area contributed by atoms with Crippen molar-refractivity contribution in [2.45, 2.75) is 18.7 Å². The molecule has 1 aromatic carbocycles. The molecule has 2 heterocycles. The van der Waals surface area contributed by atoms with Crippen LogP contribution >= 0.6 is 11.8 Å². The predicted molar refractivity (Wildman–Crippen MR) is 105 cm³/mol. The SMILES string of the molecule is CCOC(=O)c1c(C)oc(NC(=O)CSc2ccc3c(c2)OCCO3)c1C(N)=O. The van der Waals surface area contributed by atoms with E-state index < -0.39 is 17.8 Å². The zero-order valence-corrected chi connectivity index (χ0v) is 16.7. The number of carbonyl (C=O) groups excluding carboxylic acids is 3. The molecule has 29 heavy (non-hydrogen) atoms. The summed E-state index contributed by atoms with van der Waals surface area (Å²) in [6.07, 6.45) is 0. The summed E-state index contributed by atoms with van der Waals surface area (Å²) in [6.45, 7) is 4.21. The highest BCUT2D eigenvalue weighted by Gasteiger charge is 2.29. The van der Waals surface area contributed by atoms with Gasteiger partial charge in [0.25, 0.3) is 5.91 Å². The first-order chi connectivity index (χ1) is 13.9. The summed E-state index contributed by atoms with van der Waals surface area (Å²) in [5, 5.41) is 2.49. The van der Waals surface area contributed by atoms with E-state index in [2.05, 4.69) is 5.32 Å². The lowest BCUT2D eigenvalue weighted by atomic mass is 10.1. The second-order valence-electron chi connectivity index (χ2n) is 5.96. The molecule has 1 aliphatic heterocycles. The number of nitrogens with one attached hydrogen (secondary N) is 1. The van der Waals surface area contributed by atoms with Crippen molar-refractivity contribution in [2.24, 2.45) is 5.73 Å². The molecular weight excluding hydrogens is 400 g/mol. The highest BCUT2D eigenvalue weighted by Crippen LogP contribution is 2.34. The molecule has 154 valence electrons. The molecule has 1 aromatic heterocycles. The Hall–Kier alpha value is -3.14. The van der Waals surface area contributed by atoms with Crippen LogP contribution in [0.3, 0.4) is 0 Å². The van der Waals surface area contributed by atoms with Gasteiger partial charge in [0.05, 0.1) is 12.4 Å². The van der Waals surface area contributed by atoms with Crippen LogP contribution in [0.5, 0.6) is 11.5 Å². The standard InChI is InChI=1S/C19H20N2O7S/c1-3-25-19(24)15-10(2)28-18(16(15)17(20)23)21-14(22)9-29-11-4-5-12-13(8-11)27-7-6-26-12/h4-5,8H,3,6-7,9H2,1-2H3,(H2,20,23)(H,21,22). The molecule has 0 radical (unpaired) electrons. The van der Waals surface area contributed by atoms with Gasteiger partial charge >= 0.3 is 5.97 Å². The molecule has 9 nitrogen and oxygen atoms in total. The first kappa shape index (κ1) is 20.6. The molecule has 0 unspecified atom stereocenters. The number of esters is 1. The number of amides is 2. The van der Waals surface area contributed by atoms with Crippen LogP contribution in [-0.2, 0) is 9.53 Å². The first-order valence-corrected chi connectivity index (χ1v) is 9.81. The summed E-state index contributed by atoms with van der Waals surface area (Å²) < 4.78 is 21.3. The molecule has 2 amide bonds. The molecule has 0 spiro atoms. The van der Waals surface area contributed by atoms with Crippen molar-refractivity contribution in [3.05, 3.63) is 35.1 Å². The van der Waals surface area contributed by atoms with E-state index in [0.717, 1.165) is 4.90 Å². The van der Waals surface area contributed by atoms with Gasteiger partial charge in [-0.05, 0) is 32.0 Å². The van der Waals surface area contributed by atoms with Crippen LogP contribution in [0.25, 0.3) is 0 Å². The van der Waals surface area contributed by atoms with E-state index >= 15 is 0 Å². The Balaban J connectivity index is 1.70. The number of hydrogen-bond donors (Lipinski definition) is 2. The van der Waals surface area contributed by atoms with E-state index in [-0.39, 0.29) is 35.1 Å². The van der Waals surface area contributed by atoms with E-state index in [1.807, 2.05) is 6.07 Å².